The summed E-state index contributed by atoms with van der Waals surface area (Å²) in [6, 6.07) is 7.74. The van der Waals surface area contributed by atoms with Gasteiger partial charge < -0.3 is 16.2 Å². The van der Waals surface area contributed by atoms with Gasteiger partial charge in [0.05, 0.1) is 0 Å². The average molecular weight is 563 g/mol. The molecule has 1 saturated carbocycles. The molecule has 1 aromatic carbocycles. The summed E-state index contributed by atoms with van der Waals surface area (Å²) < 4.78 is 33.4. The Kier molecular flexibility index (Phi) is 8.16. The summed E-state index contributed by atoms with van der Waals surface area (Å²) in [7, 11) is -4.08. The number of nitrogens with two attached hydrogens (primary N) is 2. The summed E-state index contributed by atoms with van der Waals surface area (Å²) in [6.07, 6.45) is 2.24. The molecule has 39 heavy (non-hydrogen) atoms. The lowest BCUT2D eigenvalue weighted by atomic mass is 9.68. The number of benzene rings is 1. The van der Waals surface area contributed by atoms with Crippen LogP contribution in [0.15, 0.2) is 41.7 Å². The summed E-state index contributed by atoms with van der Waals surface area (Å²) in [4.78, 5) is 53.1. The normalized spacial score (nSPS) is 20.2. The van der Waals surface area contributed by atoms with E-state index in [0.29, 0.717) is 32.1 Å². The lowest BCUT2D eigenvalue weighted by Gasteiger charge is -2.53. The van der Waals surface area contributed by atoms with Crippen molar-refractivity contribution >= 4 is 34.1 Å². The molecule has 5 amide bonds. The second-order valence-electron chi connectivity index (χ2n) is 10.3. The monoisotopic (exact) mass is 562 g/mol. The smallest absolute Gasteiger partial charge is 0.422 e. The molecule has 0 unspecified atom stereocenters. The van der Waals surface area contributed by atoms with Crippen molar-refractivity contribution in [1.29, 1.82) is 0 Å². The molecule has 212 valence electrons. The van der Waals surface area contributed by atoms with Crippen LogP contribution in [0.1, 0.15) is 51.0 Å². The van der Waals surface area contributed by atoms with Crippen molar-refractivity contribution in [3.8, 4) is 0 Å². The summed E-state index contributed by atoms with van der Waals surface area (Å²) in [5.41, 5.74) is 11.3. The molecule has 0 aromatic heterocycles. The highest BCUT2D eigenvalue weighted by atomic mass is 32.2. The SMILES string of the molecule is CCCCN1C(=O)C(=C(N)N)C(=O)N(C2CCC3(CC2)CN(S(=O)(=O)NC(=O)OCc2ccccc2)C3)C1=O. The van der Waals surface area contributed by atoms with E-state index in [4.69, 9.17) is 16.2 Å². The number of imide groups is 2. The predicted molar refractivity (Wildman–Crippen MR) is 139 cm³/mol. The van der Waals surface area contributed by atoms with Crippen LogP contribution in [-0.2, 0) is 31.1 Å². The van der Waals surface area contributed by atoms with E-state index in [9.17, 15) is 27.6 Å². The van der Waals surface area contributed by atoms with Gasteiger partial charge in [-0.2, -0.15) is 12.7 Å². The average Bonchev–Trinajstić information content (AvgIpc) is 2.86. The van der Waals surface area contributed by atoms with Gasteiger partial charge in [-0.3, -0.25) is 19.4 Å². The number of nitrogens with zero attached hydrogens (tertiary/aromatic N) is 3. The first kappa shape index (κ1) is 28.4. The summed E-state index contributed by atoms with van der Waals surface area (Å²) in [5.74, 6) is -2.00. The number of amides is 5. The molecule has 2 saturated heterocycles. The highest BCUT2D eigenvalue weighted by Crippen LogP contribution is 2.46. The Morgan fingerprint density at radius 3 is 2.31 bits per heavy atom. The molecule has 1 aliphatic carbocycles. The minimum Gasteiger partial charge on any atom is -0.444 e. The Labute approximate surface area is 227 Å². The van der Waals surface area contributed by atoms with E-state index in [2.05, 4.69) is 0 Å². The van der Waals surface area contributed by atoms with E-state index in [0.717, 1.165) is 21.8 Å². The standard InChI is InChI=1S/C25H34N6O7S/c1-2-3-13-30-21(32)19(20(26)27)22(33)31(24(30)35)18-9-11-25(12-10-18)15-29(16-25)39(36,37)28-23(34)38-14-17-7-5-4-6-8-17/h4-8,18H,2-3,9-16,26-27H2,1H3,(H,28,34). The Hall–Kier alpha value is -3.65. The van der Waals surface area contributed by atoms with Crippen LogP contribution in [0.25, 0.3) is 0 Å². The second-order valence-corrected chi connectivity index (χ2v) is 11.9. The van der Waals surface area contributed by atoms with Crippen molar-refractivity contribution in [2.24, 2.45) is 16.9 Å². The Morgan fingerprint density at radius 2 is 1.72 bits per heavy atom. The van der Waals surface area contributed by atoms with Gasteiger partial charge in [-0.15, -0.1) is 0 Å². The van der Waals surface area contributed by atoms with Gasteiger partial charge in [0.2, 0.25) is 0 Å². The zero-order valence-corrected chi connectivity index (χ0v) is 22.6. The molecular formula is C25H34N6O7S. The summed E-state index contributed by atoms with van der Waals surface area (Å²) in [6.45, 7) is 2.41. The van der Waals surface area contributed by atoms with Crippen LogP contribution in [0.2, 0.25) is 0 Å². The van der Waals surface area contributed by atoms with Crippen LogP contribution < -0.4 is 16.2 Å². The Bertz CT molecular complexity index is 1260. The second kappa shape index (κ2) is 11.2. The number of unbranched alkanes of at least 4 members (excludes halogenated alkanes) is 1. The number of carbonyl (C=O) groups is 4. The first-order valence-corrected chi connectivity index (χ1v) is 14.4. The fourth-order valence-corrected chi connectivity index (χ4v) is 6.60. The number of barbiturate groups is 1. The van der Waals surface area contributed by atoms with Crippen LogP contribution in [-0.4, -0.2) is 72.1 Å². The van der Waals surface area contributed by atoms with Gasteiger partial charge in [0.1, 0.15) is 18.0 Å². The minimum atomic E-state index is -4.08. The zero-order valence-electron chi connectivity index (χ0n) is 21.8. The maximum atomic E-state index is 13.2. The van der Waals surface area contributed by atoms with E-state index < -0.39 is 51.6 Å². The van der Waals surface area contributed by atoms with E-state index in [1.807, 2.05) is 17.7 Å². The molecule has 1 aromatic rings. The van der Waals surface area contributed by atoms with Crippen LogP contribution >= 0.6 is 0 Å². The van der Waals surface area contributed by atoms with Gasteiger partial charge in [0.25, 0.3) is 11.8 Å². The number of ether oxygens (including phenoxy) is 1. The molecule has 0 radical (unpaired) electrons. The Morgan fingerprint density at radius 1 is 1.08 bits per heavy atom. The zero-order chi connectivity index (χ0) is 28.4. The highest BCUT2D eigenvalue weighted by molar-refractivity contribution is 7.87. The molecule has 14 heteroatoms. The van der Waals surface area contributed by atoms with Crippen LogP contribution in [0.3, 0.4) is 0 Å². The first-order chi connectivity index (χ1) is 18.5. The number of urea groups is 1. The largest absolute Gasteiger partial charge is 0.444 e. The number of carbonyl (C=O) groups excluding carboxylic acids is 4. The van der Waals surface area contributed by atoms with E-state index >= 15 is 0 Å². The lowest BCUT2D eigenvalue weighted by Crippen LogP contribution is -2.65. The van der Waals surface area contributed by atoms with E-state index in [-0.39, 0.29) is 31.7 Å². The molecule has 0 bridgehead atoms. The lowest BCUT2D eigenvalue weighted by molar-refractivity contribution is -0.138. The van der Waals surface area contributed by atoms with Crippen LogP contribution in [0, 0.1) is 5.41 Å². The van der Waals surface area contributed by atoms with Gasteiger partial charge in [-0.25, -0.2) is 14.3 Å². The van der Waals surface area contributed by atoms with Crippen molar-refractivity contribution in [3.05, 3.63) is 47.3 Å². The van der Waals surface area contributed by atoms with E-state index in [1.165, 1.54) is 4.31 Å². The van der Waals surface area contributed by atoms with Crippen molar-refractivity contribution in [2.75, 3.05) is 19.6 Å². The Balaban J connectivity index is 1.33. The molecule has 2 heterocycles. The molecular weight excluding hydrogens is 528 g/mol. The molecule has 1 spiro atoms. The highest BCUT2D eigenvalue weighted by Gasteiger charge is 2.53. The summed E-state index contributed by atoms with van der Waals surface area (Å²) in [5, 5.41) is 0. The molecule has 0 atom stereocenters. The summed E-state index contributed by atoms with van der Waals surface area (Å²) >= 11 is 0. The molecule has 5 N–H and O–H groups in total. The third-order valence-electron chi connectivity index (χ3n) is 7.52. The van der Waals surface area contributed by atoms with Crippen molar-refractivity contribution < 1.29 is 32.3 Å². The molecule has 3 aliphatic rings. The van der Waals surface area contributed by atoms with Gasteiger partial charge in [0.15, 0.2) is 0 Å². The minimum absolute atomic E-state index is 0.0599. The number of nitrogens with one attached hydrogen (secondary N) is 1. The maximum Gasteiger partial charge on any atom is 0.422 e. The maximum absolute atomic E-state index is 13.2. The van der Waals surface area contributed by atoms with Gasteiger partial charge in [0, 0.05) is 25.7 Å². The van der Waals surface area contributed by atoms with Gasteiger partial charge >= 0.3 is 22.3 Å². The van der Waals surface area contributed by atoms with Gasteiger partial charge in [-0.1, -0.05) is 43.7 Å². The molecule has 3 fully saturated rings. The topological polar surface area (TPSA) is 185 Å². The number of rotatable bonds is 8. The van der Waals surface area contributed by atoms with Crippen molar-refractivity contribution in [2.45, 2.75) is 58.1 Å². The first-order valence-electron chi connectivity index (χ1n) is 12.9. The third kappa shape index (κ3) is 5.86. The quantitative estimate of drug-likeness (QED) is 0.308. The molecule has 4 rings (SSSR count). The van der Waals surface area contributed by atoms with Gasteiger partial charge in [-0.05, 0) is 43.1 Å². The van der Waals surface area contributed by atoms with Crippen LogP contribution in [0.4, 0.5) is 9.59 Å². The molecule has 2 aliphatic heterocycles. The number of hydrogen-bond donors (Lipinski definition) is 3. The van der Waals surface area contributed by atoms with E-state index in [1.54, 1.807) is 24.3 Å². The predicted octanol–water partition coefficient (Wildman–Crippen LogP) is 1.12. The van der Waals surface area contributed by atoms with Crippen LogP contribution in [0.5, 0.6) is 0 Å². The van der Waals surface area contributed by atoms with Crippen molar-refractivity contribution in [3.63, 3.8) is 0 Å². The van der Waals surface area contributed by atoms with Crippen molar-refractivity contribution in [1.82, 2.24) is 18.8 Å². The third-order valence-corrected chi connectivity index (χ3v) is 8.88. The fraction of sp³-hybridized carbons (Fsp3) is 0.520. The number of hydrogen-bond acceptors (Lipinski definition) is 9. The fourth-order valence-electron chi connectivity index (χ4n) is 5.32. The molecule has 13 nitrogen and oxygen atoms in total.